The SMILES string of the molecule is CN(C)C(=O)c1ccn(-c2ccc(N)cc2C(N)=O)n1. The largest absolute Gasteiger partial charge is 0.399 e. The van der Waals surface area contributed by atoms with E-state index < -0.39 is 5.91 Å². The van der Waals surface area contributed by atoms with Gasteiger partial charge in [-0.3, -0.25) is 9.59 Å². The Morgan fingerprint density at radius 3 is 2.55 bits per heavy atom. The van der Waals surface area contributed by atoms with E-state index in [4.69, 9.17) is 11.5 Å². The van der Waals surface area contributed by atoms with Gasteiger partial charge < -0.3 is 16.4 Å². The van der Waals surface area contributed by atoms with Crippen LogP contribution in [0.3, 0.4) is 0 Å². The molecule has 2 aromatic rings. The number of nitrogens with zero attached hydrogens (tertiary/aromatic N) is 3. The average Bonchev–Trinajstić information content (AvgIpc) is 2.86. The average molecular weight is 273 g/mol. The van der Waals surface area contributed by atoms with Gasteiger partial charge in [-0.05, 0) is 24.3 Å². The number of carbonyl (C=O) groups is 2. The van der Waals surface area contributed by atoms with Crippen LogP contribution >= 0.6 is 0 Å². The van der Waals surface area contributed by atoms with Gasteiger partial charge in [-0.25, -0.2) is 4.68 Å². The first kappa shape index (κ1) is 13.6. The van der Waals surface area contributed by atoms with Crippen molar-refractivity contribution in [1.29, 1.82) is 0 Å². The minimum atomic E-state index is -0.608. The summed E-state index contributed by atoms with van der Waals surface area (Å²) in [4.78, 5) is 24.7. The molecular weight excluding hydrogens is 258 g/mol. The summed E-state index contributed by atoms with van der Waals surface area (Å²) in [6.07, 6.45) is 1.59. The molecule has 7 nitrogen and oxygen atoms in total. The van der Waals surface area contributed by atoms with Crippen LogP contribution in [0.4, 0.5) is 5.69 Å². The number of primary amides is 1. The summed E-state index contributed by atoms with van der Waals surface area (Å²) < 4.78 is 1.43. The molecule has 0 unspecified atom stereocenters. The number of hydrogen-bond donors (Lipinski definition) is 2. The zero-order valence-corrected chi connectivity index (χ0v) is 11.2. The van der Waals surface area contributed by atoms with E-state index in [1.54, 1.807) is 38.5 Å². The van der Waals surface area contributed by atoms with Gasteiger partial charge in [0.15, 0.2) is 5.69 Å². The second kappa shape index (κ2) is 5.04. The number of amides is 2. The highest BCUT2D eigenvalue weighted by atomic mass is 16.2. The van der Waals surface area contributed by atoms with Crippen molar-refractivity contribution < 1.29 is 9.59 Å². The smallest absolute Gasteiger partial charge is 0.273 e. The van der Waals surface area contributed by atoms with Crippen LogP contribution in [-0.4, -0.2) is 40.6 Å². The summed E-state index contributed by atoms with van der Waals surface area (Å²) in [6.45, 7) is 0. The van der Waals surface area contributed by atoms with Gasteiger partial charge in [-0.15, -0.1) is 0 Å². The number of anilines is 1. The molecule has 104 valence electrons. The Morgan fingerprint density at radius 1 is 1.25 bits per heavy atom. The minimum absolute atomic E-state index is 0.222. The maximum atomic E-state index is 11.8. The van der Waals surface area contributed by atoms with Crippen molar-refractivity contribution in [3.63, 3.8) is 0 Å². The van der Waals surface area contributed by atoms with Crippen molar-refractivity contribution in [3.8, 4) is 5.69 Å². The van der Waals surface area contributed by atoms with E-state index in [2.05, 4.69) is 5.10 Å². The molecule has 1 aromatic heterocycles. The van der Waals surface area contributed by atoms with Crippen LogP contribution in [0.25, 0.3) is 5.69 Å². The van der Waals surface area contributed by atoms with Gasteiger partial charge in [0.1, 0.15) is 0 Å². The van der Waals surface area contributed by atoms with Gasteiger partial charge in [-0.1, -0.05) is 0 Å². The zero-order valence-electron chi connectivity index (χ0n) is 11.2. The van der Waals surface area contributed by atoms with Gasteiger partial charge in [-0.2, -0.15) is 5.10 Å². The minimum Gasteiger partial charge on any atom is -0.399 e. The number of aromatic nitrogens is 2. The lowest BCUT2D eigenvalue weighted by atomic mass is 10.1. The third-order valence-corrected chi connectivity index (χ3v) is 2.75. The van der Waals surface area contributed by atoms with E-state index in [9.17, 15) is 9.59 Å². The summed E-state index contributed by atoms with van der Waals surface area (Å²) in [5, 5.41) is 4.15. The molecule has 0 spiro atoms. The maximum absolute atomic E-state index is 11.8. The van der Waals surface area contributed by atoms with Gasteiger partial charge in [0.2, 0.25) is 0 Å². The normalized spacial score (nSPS) is 10.3. The summed E-state index contributed by atoms with van der Waals surface area (Å²) in [5.74, 6) is -0.830. The number of rotatable bonds is 3. The van der Waals surface area contributed by atoms with E-state index in [0.717, 1.165) is 0 Å². The predicted octanol–water partition coefficient (Wildman–Crippen LogP) is 0.255. The number of benzene rings is 1. The number of nitrogens with two attached hydrogens (primary N) is 2. The van der Waals surface area contributed by atoms with Gasteiger partial charge in [0, 0.05) is 26.0 Å². The zero-order chi connectivity index (χ0) is 14.9. The molecule has 0 radical (unpaired) electrons. The van der Waals surface area contributed by atoms with Crippen molar-refractivity contribution in [2.45, 2.75) is 0 Å². The molecule has 0 fully saturated rings. The highest BCUT2D eigenvalue weighted by Gasteiger charge is 2.15. The van der Waals surface area contributed by atoms with Crippen LogP contribution in [-0.2, 0) is 0 Å². The first-order chi connectivity index (χ1) is 9.40. The topological polar surface area (TPSA) is 107 Å². The standard InChI is InChI=1S/C13H15N5O2/c1-17(2)13(20)10-5-6-18(16-10)11-4-3-8(14)7-9(11)12(15)19/h3-7H,14H2,1-2H3,(H2,15,19). The molecule has 2 amide bonds. The number of nitrogen functional groups attached to an aromatic ring is 1. The third kappa shape index (κ3) is 2.46. The quantitative estimate of drug-likeness (QED) is 0.782. The Hall–Kier alpha value is -2.83. The van der Waals surface area contributed by atoms with E-state index in [-0.39, 0.29) is 17.2 Å². The lowest BCUT2D eigenvalue weighted by Crippen LogP contribution is -2.22. The van der Waals surface area contributed by atoms with Crippen LogP contribution in [0.2, 0.25) is 0 Å². The molecule has 0 saturated carbocycles. The lowest BCUT2D eigenvalue weighted by Gasteiger charge is -2.09. The van der Waals surface area contributed by atoms with Crippen molar-refractivity contribution in [3.05, 3.63) is 41.7 Å². The van der Waals surface area contributed by atoms with Crippen molar-refractivity contribution >= 4 is 17.5 Å². The van der Waals surface area contributed by atoms with E-state index in [1.165, 1.54) is 15.6 Å². The highest BCUT2D eigenvalue weighted by molar-refractivity contribution is 5.97. The number of carbonyl (C=O) groups excluding carboxylic acids is 2. The Kier molecular flexibility index (Phi) is 3.43. The highest BCUT2D eigenvalue weighted by Crippen LogP contribution is 2.17. The monoisotopic (exact) mass is 273 g/mol. The Morgan fingerprint density at radius 2 is 1.95 bits per heavy atom. The Labute approximate surface area is 115 Å². The van der Waals surface area contributed by atoms with E-state index in [0.29, 0.717) is 11.4 Å². The molecule has 20 heavy (non-hydrogen) atoms. The van der Waals surface area contributed by atoms with E-state index in [1.807, 2.05) is 0 Å². The Bertz CT molecular complexity index is 675. The van der Waals surface area contributed by atoms with Gasteiger partial charge in [0.25, 0.3) is 11.8 Å². The molecular formula is C13H15N5O2. The molecule has 1 aromatic carbocycles. The summed E-state index contributed by atoms with van der Waals surface area (Å²) in [5.41, 5.74) is 12.4. The second-order valence-corrected chi connectivity index (χ2v) is 4.49. The fraction of sp³-hybridized carbons (Fsp3) is 0.154. The first-order valence-corrected chi connectivity index (χ1v) is 5.87. The number of hydrogen-bond acceptors (Lipinski definition) is 4. The fourth-order valence-electron chi connectivity index (χ4n) is 1.75. The summed E-state index contributed by atoms with van der Waals surface area (Å²) in [7, 11) is 3.28. The van der Waals surface area contributed by atoms with Crippen LogP contribution in [0.15, 0.2) is 30.5 Å². The second-order valence-electron chi connectivity index (χ2n) is 4.49. The Balaban J connectivity index is 2.48. The van der Waals surface area contributed by atoms with Crippen molar-refractivity contribution in [1.82, 2.24) is 14.7 Å². The van der Waals surface area contributed by atoms with Crippen molar-refractivity contribution in [2.24, 2.45) is 5.73 Å². The van der Waals surface area contributed by atoms with Crippen LogP contribution in [0.5, 0.6) is 0 Å². The summed E-state index contributed by atoms with van der Waals surface area (Å²) >= 11 is 0. The molecule has 0 aliphatic carbocycles. The van der Waals surface area contributed by atoms with Crippen LogP contribution in [0.1, 0.15) is 20.8 Å². The molecule has 7 heteroatoms. The lowest BCUT2D eigenvalue weighted by molar-refractivity contribution is 0.0821. The van der Waals surface area contributed by atoms with Crippen LogP contribution in [0, 0.1) is 0 Å². The molecule has 0 aliphatic heterocycles. The molecule has 0 bridgehead atoms. The van der Waals surface area contributed by atoms with Crippen LogP contribution < -0.4 is 11.5 Å². The van der Waals surface area contributed by atoms with Gasteiger partial charge in [0.05, 0.1) is 11.3 Å². The third-order valence-electron chi connectivity index (χ3n) is 2.75. The first-order valence-electron chi connectivity index (χ1n) is 5.87. The maximum Gasteiger partial charge on any atom is 0.273 e. The molecule has 4 N–H and O–H groups in total. The molecule has 0 atom stereocenters. The fourth-order valence-corrected chi connectivity index (χ4v) is 1.75. The molecule has 0 aliphatic rings. The molecule has 1 heterocycles. The predicted molar refractivity (Wildman–Crippen MR) is 74.5 cm³/mol. The van der Waals surface area contributed by atoms with Crippen molar-refractivity contribution in [2.75, 3.05) is 19.8 Å². The van der Waals surface area contributed by atoms with E-state index >= 15 is 0 Å². The molecule has 0 saturated heterocycles. The van der Waals surface area contributed by atoms with Gasteiger partial charge >= 0.3 is 0 Å². The summed E-state index contributed by atoms with van der Waals surface area (Å²) in [6, 6.07) is 6.32. The molecule has 2 rings (SSSR count).